The molecule has 28 heavy (non-hydrogen) atoms. The maximum Gasteiger partial charge on any atom is 0.244 e. The highest BCUT2D eigenvalue weighted by Gasteiger charge is 2.12. The maximum atomic E-state index is 12.0. The Balaban J connectivity index is 1.95. The summed E-state index contributed by atoms with van der Waals surface area (Å²) in [5, 5.41) is 2.71. The Hall–Kier alpha value is -3.59. The summed E-state index contributed by atoms with van der Waals surface area (Å²) < 4.78 is 21.0. The first-order chi connectivity index (χ1) is 13.6. The van der Waals surface area contributed by atoms with Gasteiger partial charge in [0.2, 0.25) is 11.7 Å². The Morgan fingerprint density at radius 1 is 0.964 bits per heavy atom. The smallest absolute Gasteiger partial charge is 0.244 e. The quantitative estimate of drug-likeness (QED) is 0.590. The summed E-state index contributed by atoms with van der Waals surface area (Å²) in [6.45, 7) is 0.241. The number of hydrogen-bond acceptors (Lipinski definition) is 5. The highest BCUT2D eigenvalue weighted by molar-refractivity contribution is 5.92. The molecule has 0 aliphatic carbocycles. The van der Waals surface area contributed by atoms with Crippen LogP contribution in [-0.4, -0.2) is 40.9 Å². The first-order valence-electron chi connectivity index (χ1n) is 8.50. The number of methoxy groups -OCH3 is 4. The number of hydrogen-bond donors (Lipinski definition) is 1. The molecule has 1 amide bonds. The fourth-order valence-corrected chi connectivity index (χ4v) is 2.38. The average Bonchev–Trinajstić information content (AvgIpc) is 2.74. The Bertz CT molecular complexity index is 866. The van der Waals surface area contributed by atoms with Gasteiger partial charge in [0, 0.05) is 11.6 Å². The Labute approximate surface area is 165 Å². The third-order valence-electron chi connectivity index (χ3n) is 3.79. The highest BCUT2D eigenvalue weighted by Crippen LogP contribution is 2.38. The minimum atomic E-state index is -0.252. The third-order valence-corrected chi connectivity index (χ3v) is 3.79. The highest BCUT2D eigenvalue weighted by atomic mass is 16.5. The van der Waals surface area contributed by atoms with Crippen LogP contribution >= 0.6 is 0 Å². The molecule has 0 atom stereocenters. The van der Waals surface area contributed by atoms with Crippen LogP contribution in [0.3, 0.4) is 0 Å². The second-order valence-electron chi connectivity index (χ2n) is 5.54. The number of carbonyl (C=O) groups is 1. The normalized spacial score (nSPS) is 10.0. The topological polar surface area (TPSA) is 66.0 Å². The van der Waals surface area contributed by atoms with Crippen molar-refractivity contribution in [3.05, 3.63) is 53.6 Å². The van der Waals surface area contributed by atoms with Crippen LogP contribution in [-0.2, 0) is 4.79 Å². The third kappa shape index (κ3) is 5.71. The van der Waals surface area contributed by atoms with E-state index in [4.69, 9.17) is 18.9 Å². The van der Waals surface area contributed by atoms with Gasteiger partial charge >= 0.3 is 0 Å². The number of carbonyl (C=O) groups excluding carboxylic acids is 1. The molecular formula is C22H23NO5. The lowest BCUT2D eigenvalue weighted by molar-refractivity contribution is -0.116. The van der Waals surface area contributed by atoms with Crippen LogP contribution in [0.5, 0.6) is 23.0 Å². The van der Waals surface area contributed by atoms with E-state index in [1.54, 1.807) is 39.5 Å². The van der Waals surface area contributed by atoms with Crippen molar-refractivity contribution >= 4 is 12.0 Å². The van der Waals surface area contributed by atoms with E-state index in [2.05, 4.69) is 17.2 Å². The molecule has 146 valence electrons. The zero-order chi connectivity index (χ0) is 20.4. The summed E-state index contributed by atoms with van der Waals surface area (Å²) >= 11 is 0. The predicted octanol–water partition coefficient (Wildman–Crippen LogP) is 2.90. The lowest BCUT2D eigenvalue weighted by Crippen LogP contribution is -2.20. The van der Waals surface area contributed by atoms with Crippen LogP contribution in [0, 0.1) is 11.8 Å². The van der Waals surface area contributed by atoms with Crippen LogP contribution < -0.4 is 24.3 Å². The summed E-state index contributed by atoms with van der Waals surface area (Å²) in [7, 11) is 6.23. The first kappa shape index (κ1) is 20.7. The van der Waals surface area contributed by atoms with E-state index in [0.717, 1.165) is 16.9 Å². The number of benzene rings is 2. The van der Waals surface area contributed by atoms with E-state index < -0.39 is 0 Å². The minimum absolute atomic E-state index is 0.241. The Morgan fingerprint density at radius 2 is 1.61 bits per heavy atom. The van der Waals surface area contributed by atoms with Gasteiger partial charge in [0.05, 0.1) is 35.0 Å². The van der Waals surface area contributed by atoms with Gasteiger partial charge in [-0.1, -0.05) is 11.8 Å². The van der Waals surface area contributed by atoms with Crippen molar-refractivity contribution in [2.75, 3.05) is 35.0 Å². The molecule has 0 saturated heterocycles. The van der Waals surface area contributed by atoms with Crippen LogP contribution in [0.15, 0.2) is 42.5 Å². The van der Waals surface area contributed by atoms with Gasteiger partial charge in [-0.05, 0) is 48.0 Å². The van der Waals surface area contributed by atoms with Crippen molar-refractivity contribution in [1.29, 1.82) is 0 Å². The molecule has 0 bridgehead atoms. The molecule has 2 aromatic rings. The summed E-state index contributed by atoms with van der Waals surface area (Å²) in [5.41, 5.74) is 1.59. The van der Waals surface area contributed by atoms with Gasteiger partial charge in [0.15, 0.2) is 11.5 Å². The van der Waals surface area contributed by atoms with Crippen molar-refractivity contribution in [2.24, 2.45) is 0 Å². The molecule has 0 heterocycles. The van der Waals surface area contributed by atoms with Gasteiger partial charge in [-0.3, -0.25) is 4.79 Å². The van der Waals surface area contributed by atoms with Crippen molar-refractivity contribution < 1.29 is 23.7 Å². The van der Waals surface area contributed by atoms with E-state index in [1.807, 2.05) is 24.3 Å². The van der Waals surface area contributed by atoms with Gasteiger partial charge in [-0.2, -0.15) is 0 Å². The fourth-order valence-electron chi connectivity index (χ4n) is 2.38. The molecule has 0 fully saturated rings. The monoisotopic (exact) mass is 381 g/mol. The number of nitrogens with one attached hydrogen (secondary N) is 1. The van der Waals surface area contributed by atoms with Gasteiger partial charge in [0.25, 0.3) is 0 Å². The Kier molecular flexibility index (Phi) is 7.79. The van der Waals surface area contributed by atoms with Crippen molar-refractivity contribution in [3.8, 4) is 34.8 Å². The lowest BCUT2D eigenvalue weighted by Gasteiger charge is -2.12. The molecule has 0 aliphatic rings. The molecule has 0 saturated carbocycles. The Morgan fingerprint density at radius 3 is 2.14 bits per heavy atom. The van der Waals surface area contributed by atoms with Crippen molar-refractivity contribution in [2.45, 2.75) is 0 Å². The summed E-state index contributed by atoms with van der Waals surface area (Å²) in [6.07, 6.45) is 3.09. The number of amides is 1. The maximum absolute atomic E-state index is 12.0. The largest absolute Gasteiger partial charge is 0.497 e. The first-order valence-corrected chi connectivity index (χ1v) is 8.50. The van der Waals surface area contributed by atoms with Crippen LogP contribution in [0.25, 0.3) is 6.08 Å². The van der Waals surface area contributed by atoms with Crippen molar-refractivity contribution in [1.82, 2.24) is 5.32 Å². The second kappa shape index (κ2) is 10.5. The minimum Gasteiger partial charge on any atom is -0.497 e. The van der Waals surface area contributed by atoms with Crippen LogP contribution in [0.4, 0.5) is 0 Å². The van der Waals surface area contributed by atoms with E-state index >= 15 is 0 Å². The van der Waals surface area contributed by atoms with E-state index in [9.17, 15) is 4.79 Å². The van der Waals surface area contributed by atoms with E-state index in [1.165, 1.54) is 13.2 Å². The summed E-state index contributed by atoms with van der Waals surface area (Å²) in [5.74, 6) is 7.95. The van der Waals surface area contributed by atoms with Crippen LogP contribution in [0.1, 0.15) is 11.1 Å². The van der Waals surface area contributed by atoms with E-state index in [0.29, 0.717) is 17.2 Å². The van der Waals surface area contributed by atoms with Gasteiger partial charge in [0.1, 0.15) is 5.75 Å². The zero-order valence-corrected chi connectivity index (χ0v) is 16.4. The summed E-state index contributed by atoms with van der Waals surface area (Å²) in [6, 6.07) is 10.9. The average molecular weight is 381 g/mol. The van der Waals surface area contributed by atoms with Gasteiger partial charge < -0.3 is 24.3 Å². The molecular weight excluding hydrogens is 358 g/mol. The van der Waals surface area contributed by atoms with Gasteiger partial charge in [-0.25, -0.2) is 0 Å². The number of ether oxygens (including phenoxy) is 4. The molecule has 0 radical (unpaired) electrons. The molecule has 2 rings (SSSR count). The molecule has 2 aromatic carbocycles. The molecule has 6 nitrogen and oxygen atoms in total. The SMILES string of the molecule is COc1ccc(C#CCNC(=O)/C=C/c2cc(OC)c(OC)c(OC)c2)cc1. The summed E-state index contributed by atoms with van der Waals surface area (Å²) in [4.78, 5) is 12.0. The predicted molar refractivity (Wildman–Crippen MR) is 108 cm³/mol. The molecule has 1 N–H and O–H groups in total. The molecule has 0 aromatic heterocycles. The number of rotatable bonds is 7. The lowest BCUT2D eigenvalue weighted by atomic mass is 10.1. The fraction of sp³-hybridized carbons (Fsp3) is 0.227. The molecule has 6 heteroatoms. The van der Waals surface area contributed by atoms with Gasteiger partial charge in [-0.15, -0.1) is 0 Å². The molecule has 0 spiro atoms. The standard InChI is InChI=1S/C22H23NO5/c1-25-18-10-7-16(8-11-18)6-5-13-23-21(24)12-9-17-14-19(26-2)22(28-4)20(15-17)27-3/h7-12,14-15H,13H2,1-4H3,(H,23,24)/b12-9+. The molecule has 0 aliphatic heterocycles. The van der Waals surface area contributed by atoms with Crippen LogP contribution in [0.2, 0.25) is 0 Å². The zero-order valence-electron chi connectivity index (χ0n) is 16.4. The molecule has 0 unspecified atom stereocenters. The van der Waals surface area contributed by atoms with E-state index in [-0.39, 0.29) is 12.5 Å². The van der Waals surface area contributed by atoms with Crippen molar-refractivity contribution in [3.63, 3.8) is 0 Å². The second-order valence-corrected chi connectivity index (χ2v) is 5.54.